The van der Waals surface area contributed by atoms with Gasteiger partial charge in [0.05, 0.1) is 14.2 Å². The molecule has 1 N–H and O–H groups in total. The van der Waals surface area contributed by atoms with Gasteiger partial charge in [-0.2, -0.15) is 0 Å². The molecule has 0 radical (unpaired) electrons. The summed E-state index contributed by atoms with van der Waals surface area (Å²) >= 11 is 0. The molecule has 156 valence electrons. The zero-order valence-corrected chi connectivity index (χ0v) is 18.1. The average molecular weight is 397 g/mol. The van der Waals surface area contributed by atoms with Gasteiger partial charge in [-0.3, -0.25) is 9.69 Å². The van der Waals surface area contributed by atoms with Crippen molar-refractivity contribution >= 4 is 12.0 Å². The van der Waals surface area contributed by atoms with Crippen molar-refractivity contribution < 1.29 is 14.3 Å². The molecular formula is C24H32N2O3. The minimum absolute atomic E-state index is 0.149. The lowest BCUT2D eigenvalue weighted by Gasteiger charge is -2.18. The first kappa shape index (κ1) is 22.5. The van der Waals surface area contributed by atoms with E-state index in [1.165, 1.54) is 5.56 Å². The van der Waals surface area contributed by atoms with Crippen LogP contribution < -0.4 is 14.8 Å². The van der Waals surface area contributed by atoms with Crippen molar-refractivity contribution in [3.05, 3.63) is 64.7 Å². The number of allylic oxidation sites excluding steroid dienone is 1. The van der Waals surface area contributed by atoms with Crippen LogP contribution in [0.2, 0.25) is 0 Å². The summed E-state index contributed by atoms with van der Waals surface area (Å²) in [6, 6.07) is 11.9. The topological polar surface area (TPSA) is 50.8 Å². The van der Waals surface area contributed by atoms with Crippen molar-refractivity contribution in [3.63, 3.8) is 0 Å². The van der Waals surface area contributed by atoms with E-state index in [2.05, 4.69) is 48.3 Å². The Hall–Kier alpha value is -2.79. The van der Waals surface area contributed by atoms with E-state index >= 15 is 0 Å². The first-order valence-corrected chi connectivity index (χ1v) is 10.0. The predicted octanol–water partition coefficient (Wildman–Crippen LogP) is 4.51. The summed E-state index contributed by atoms with van der Waals surface area (Å²) in [6.07, 6.45) is 3.80. The summed E-state index contributed by atoms with van der Waals surface area (Å²) in [6.45, 7) is 9.75. The molecule has 0 fully saturated rings. The molecular weight excluding hydrogens is 364 g/mol. The smallest absolute Gasteiger partial charge is 0.251 e. The molecule has 0 aliphatic heterocycles. The van der Waals surface area contributed by atoms with Gasteiger partial charge in [0.15, 0.2) is 11.5 Å². The van der Waals surface area contributed by atoms with Crippen LogP contribution in [0.1, 0.15) is 47.8 Å². The van der Waals surface area contributed by atoms with Crippen LogP contribution in [0.25, 0.3) is 6.08 Å². The van der Waals surface area contributed by atoms with Crippen molar-refractivity contribution in [3.8, 4) is 11.5 Å². The van der Waals surface area contributed by atoms with Crippen LogP contribution in [0.4, 0.5) is 0 Å². The van der Waals surface area contributed by atoms with E-state index in [1.807, 2.05) is 25.1 Å². The second kappa shape index (κ2) is 11.3. The number of hydrogen-bond donors (Lipinski definition) is 1. The van der Waals surface area contributed by atoms with Crippen LogP contribution in [0.15, 0.2) is 42.5 Å². The number of ether oxygens (including phenoxy) is 2. The lowest BCUT2D eigenvalue weighted by molar-refractivity contribution is 0.0950. The number of carbonyl (C=O) groups excluding carboxylic acids is 1. The molecule has 1 amide bonds. The third-order valence-electron chi connectivity index (χ3n) is 4.89. The predicted molar refractivity (Wildman–Crippen MR) is 118 cm³/mol. The third kappa shape index (κ3) is 6.09. The zero-order valence-electron chi connectivity index (χ0n) is 18.1. The fraction of sp³-hybridized carbons (Fsp3) is 0.375. The Morgan fingerprint density at radius 1 is 1.03 bits per heavy atom. The summed E-state index contributed by atoms with van der Waals surface area (Å²) in [5.74, 6) is 1.00. The average Bonchev–Trinajstić information content (AvgIpc) is 2.76. The van der Waals surface area contributed by atoms with Crippen LogP contribution in [0, 0.1) is 0 Å². The standard InChI is InChI=1S/C24H32N2O3/c1-6-9-20-14-21(15-22(28-4)23(20)29-5)24(27)25-16-18-10-12-19(13-11-18)17-26(7-2)8-3/h6,9-15H,7-8,16-17H2,1-5H3,(H,25,27)/b9-6+. The van der Waals surface area contributed by atoms with Gasteiger partial charge in [-0.25, -0.2) is 0 Å². The van der Waals surface area contributed by atoms with Gasteiger partial charge in [0.25, 0.3) is 5.91 Å². The van der Waals surface area contributed by atoms with Crippen molar-refractivity contribution in [1.29, 1.82) is 0 Å². The highest BCUT2D eigenvalue weighted by Crippen LogP contribution is 2.33. The summed E-state index contributed by atoms with van der Waals surface area (Å²) in [7, 11) is 3.16. The van der Waals surface area contributed by atoms with Crippen LogP contribution in [-0.2, 0) is 13.1 Å². The van der Waals surface area contributed by atoms with Crippen molar-refractivity contribution in [2.24, 2.45) is 0 Å². The lowest BCUT2D eigenvalue weighted by Crippen LogP contribution is -2.23. The van der Waals surface area contributed by atoms with E-state index in [-0.39, 0.29) is 5.91 Å². The van der Waals surface area contributed by atoms with Gasteiger partial charge in [-0.1, -0.05) is 50.3 Å². The number of carbonyl (C=O) groups is 1. The summed E-state index contributed by atoms with van der Waals surface area (Å²) in [4.78, 5) is 15.1. The zero-order chi connectivity index (χ0) is 21.2. The molecule has 0 aromatic heterocycles. The Bertz CT molecular complexity index is 825. The molecule has 0 aliphatic rings. The fourth-order valence-corrected chi connectivity index (χ4v) is 3.18. The molecule has 0 saturated heterocycles. The molecule has 29 heavy (non-hydrogen) atoms. The SMILES string of the molecule is C/C=C/c1cc(C(=O)NCc2ccc(CN(CC)CC)cc2)cc(OC)c1OC. The van der Waals surface area contributed by atoms with Crippen LogP contribution >= 0.6 is 0 Å². The molecule has 0 atom stereocenters. The number of rotatable bonds is 10. The number of nitrogens with zero attached hydrogens (tertiary/aromatic N) is 1. The normalized spacial score (nSPS) is 11.1. The van der Waals surface area contributed by atoms with Gasteiger partial charge in [0.2, 0.25) is 0 Å². The molecule has 2 aromatic carbocycles. The summed E-state index contributed by atoms with van der Waals surface area (Å²) in [5.41, 5.74) is 3.68. The number of hydrogen-bond acceptors (Lipinski definition) is 4. The maximum absolute atomic E-state index is 12.7. The summed E-state index contributed by atoms with van der Waals surface area (Å²) in [5, 5.41) is 2.99. The van der Waals surface area contributed by atoms with Gasteiger partial charge in [-0.05, 0) is 43.3 Å². The highest BCUT2D eigenvalue weighted by molar-refractivity contribution is 5.95. The van der Waals surface area contributed by atoms with Gasteiger partial charge >= 0.3 is 0 Å². The van der Waals surface area contributed by atoms with E-state index in [0.29, 0.717) is 23.6 Å². The third-order valence-corrected chi connectivity index (χ3v) is 4.89. The Morgan fingerprint density at radius 3 is 2.24 bits per heavy atom. The van der Waals surface area contributed by atoms with E-state index < -0.39 is 0 Å². The van der Waals surface area contributed by atoms with Crippen LogP contribution in [0.5, 0.6) is 11.5 Å². The van der Waals surface area contributed by atoms with Crippen molar-refractivity contribution in [2.75, 3.05) is 27.3 Å². The Morgan fingerprint density at radius 2 is 1.69 bits per heavy atom. The van der Waals surface area contributed by atoms with Crippen LogP contribution in [-0.4, -0.2) is 38.1 Å². The minimum atomic E-state index is -0.149. The molecule has 0 bridgehead atoms. The number of benzene rings is 2. The second-order valence-corrected chi connectivity index (χ2v) is 6.76. The number of nitrogens with one attached hydrogen (secondary N) is 1. The monoisotopic (exact) mass is 396 g/mol. The lowest BCUT2D eigenvalue weighted by atomic mass is 10.1. The molecule has 5 heteroatoms. The van der Waals surface area contributed by atoms with Crippen molar-refractivity contribution in [2.45, 2.75) is 33.9 Å². The molecule has 0 unspecified atom stereocenters. The Balaban J connectivity index is 2.08. The first-order chi connectivity index (χ1) is 14.1. The molecule has 0 spiro atoms. The highest BCUT2D eigenvalue weighted by atomic mass is 16.5. The van der Waals surface area contributed by atoms with Gasteiger partial charge in [0, 0.05) is 24.2 Å². The molecule has 0 heterocycles. The van der Waals surface area contributed by atoms with Crippen molar-refractivity contribution in [1.82, 2.24) is 10.2 Å². The van der Waals surface area contributed by atoms with E-state index in [9.17, 15) is 4.79 Å². The van der Waals surface area contributed by atoms with E-state index in [0.717, 1.165) is 30.8 Å². The number of amides is 1. The largest absolute Gasteiger partial charge is 0.493 e. The Labute approximate surface area is 174 Å². The fourth-order valence-electron chi connectivity index (χ4n) is 3.18. The van der Waals surface area contributed by atoms with E-state index in [1.54, 1.807) is 20.3 Å². The molecule has 2 aromatic rings. The van der Waals surface area contributed by atoms with Crippen LogP contribution in [0.3, 0.4) is 0 Å². The van der Waals surface area contributed by atoms with Gasteiger partial charge < -0.3 is 14.8 Å². The summed E-state index contributed by atoms with van der Waals surface area (Å²) < 4.78 is 10.8. The quantitative estimate of drug-likeness (QED) is 0.642. The Kier molecular flexibility index (Phi) is 8.74. The minimum Gasteiger partial charge on any atom is -0.493 e. The molecule has 0 aliphatic carbocycles. The maximum Gasteiger partial charge on any atom is 0.251 e. The highest BCUT2D eigenvalue weighted by Gasteiger charge is 2.15. The molecule has 2 rings (SSSR count). The molecule has 5 nitrogen and oxygen atoms in total. The molecule has 0 saturated carbocycles. The van der Waals surface area contributed by atoms with Gasteiger partial charge in [-0.15, -0.1) is 0 Å². The second-order valence-electron chi connectivity index (χ2n) is 6.76. The van der Waals surface area contributed by atoms with Gasteiger partial charge in [0.1, 0.15) is 0 Å². The number of methoxy groups -OCH3 is 2. The van der Waals surface area contributed by atoms with E-state index in [4.69, 9.17) is 9.47 Å². The first-order valence-electron chi connectivity index (χ1n) is 10.0. The maximum atomic E-state index is 12.7.